The van der Waals surface area contributed by atoms with Gasteiger partial charge in [-0.2, -0.15) is 13.2 Å². The van der Waals surface area contributed by atoms with Crippen LogP contribution in [0.2, 0.25) is 0 Å². The number of benzene rings is 2. The number of amides is 4. The molecule has 2 aromatic rings. The SMILES string of the molecule is C=CC(CCC)[C@@H](NC(=O)[C@H](Cc1ccccc1)NC(=O)C(F)(F)F)C(=O)N1CCC[C@H]1C(=O)Nc1ccccc1. The summed E-state index contributed by atoms with van der Waals surface area (Å²) in [6.45, 7) is 5.95. The van der Waals surface area contributed by atoms with Gasteiger partial charge >= 0.3 is 12.1 Å². The molecule has 0 radical (unpaired) electrons. The lowest BCUT2D eigenvalue weighted by molar-refractivity contribution is -0.174. The quantitative estimate of drug-likeness (QED) is 0.334. The molecule has 0 aromatic heterocycles. The van der Waals surface area contributed by atoms with Crippen molar-refractivity contribution in [1.29, 1.82) is 0 Å². The van der Waals surface area contributed by atoms with E-state index in [0.29, 0.717) is 36.9 Å². The van der Waals surface area contributed by atoms with Gasteiger partial charge in [-0.15, -0.1) is 6.58 Å². The standard InChI is InChI=1S/C30H35F3N4O4/c1-3-12-21(4-2)25(28(40)37-18-11-17-24(37)27(39)34-22-15-9-6-10-16-22)36-26(38)23(35-29(41)30(31,32)33)19-20-13-7-5-8-14-20/h4-10,13-16,21,23-25H,2-3,11-12,17-19H2,1H3,(H,34,39)(H,35,41)(H,36,38)/t21?,23-,24-,25+/m0/s1. The Morgan fingerprint density at radius 2 is 1.66 bits per heavy atom. The maximum absolute atomic E-state index is 13.9. The lowest BCUT2D eigenvalue weighted by atomic mass is 9.92. The van der Waals surface area contributed by atoms with Crippen molar-refractivity contribution in [2.75, 3.05) is 11.9 Å². The Bertz CT molecular complexity index is 1210. The van der Waals surface area contributed by atoms with E-state index in [1.807, 2.05) is 6.92 Å². The minimum atomic E-state index is -5.20. The third kappa shape index (κ3) is 8.67. The lowest BCUT2D eigenvalue weighted by Gasteiger charge is -2.33. The average Bonchev–Trinajstić information content (AvgIpc) is 3.45. The Morgan fingerprint density at radius 1 is 1.02 bits per heavy atom. The highest BCUT2D eigenvalue weighted by Crippen LogP contribution is 2.24. The van der Waals surface area contributed by atoms with E-state index in [9.17, 15) is 32.3 Å². The molecular formula is C30H35F3N4O4. The minimum Gasteiger partial charge on any atom is -0.342 e. The summed E-state index contributed by atoms with van der Waals surface area (Å²) in [5.74, 6) is -4.69. The molecule has 1 heterocycles. The lowest BCUT2D eigenvalue weighted by Crippen LogP contribution is -2.59. The molecule has 8 nitrogen and oxygen atoms in total. The van der Waals surface area contributed by atoms with E-state index in [-0.39, 0.29) is 18.9 Å². The number of nitrogens with zero attached hydrogens (tertiary/aromatic N) is 1. The number of nitrogens with one attached hydrogen (secondary N) is 3. The number of halogens is 3. The zero-order valence-electron chi connectivity index (χ0n) is 22.8. The fourth-order valence-electron chi connectivity index (χ4n) is 4.89. The van der Waals surface area contributed by atoms with Crippen LogP contribution in [0.5, 0.6) is 0 Å². The maximum atomic E-state index is 13.9. The largest absolute Gasteiger partial charge is 0.471 e. The number of para-hydroxylation sites is 1. The summed E-state index contributed by atoms with van der Waals surface area (Å²) < 4.78 is 39.3. The topological polar surface area (TPSA) is 108 Å². The second-order valence-corrected chi connectivity index (χ2v) is 9.93. The van der Waals surface area contributed by atoms with Crippen LogP contribution in [0.1, 0.15) is 38.2 Å². The number of hydrogen-bond acceptors (Lipinski definition) is 4. The first kappa shape index (κ1) is 31.4. The fourth-order valence-corrected chi connectivity index (χ4v) is 4.89. The molecule has 0 spiro atoms. The number of hydrogen-bond donors (Lipinski definition) is 3. The first-order chi connectivity index (χ1) is 19.5. The van der Waals surface area contributed by atoms with Crippen LogP contribution in [0, 0.1) is 5.92 Å². The average molecular weight is 573 g/mol. The number of carbonyl (C=O) groups is 4. The number of carbonyl (C=O) groups excluding carboxylic acids is 4. The molecule has 1 aliphatic rings. The van der Waals surface area contributed by atoms with Gasteiger partial charge < -0.3 is 20.9 Å². The van der Waals surface area contributed by atoms with E-state index in [1.54, 1.807) is 66.0 Å². The number of alkyl halides is 3. The van der Waals surface area contributed by atoms with Gasteiger partial charge in [0, 0.05) is 24.6 Å². The molecule has 220 valence electrons. The van der Waals surface area contributed by atoms with Gasteiger partial charge in [-0.05, 0) is 37.0 Å². The highest BCUT2D eigenvalue weighted by atomic mass is 19.4. The molecule has 4 amide bonds. The van der Waals surface area contributed by atoms with Crippen molar-refractivity contribution >= 4 is 29.3 Å². The molecule has 1 saturated heterocycles. The van der Waals surface area contributed by atoms with E-state index in [1.165, 1.54) is 11.0 Å². The van der Waals surface area contributed by atoms with Gasteiger partial charge in [0.05, 0.1) is 0 Å². The van der Waals surface area contributed by atoms with Crippen LogP contribution in [0.4, 0.5) is 18.9 Å². The first-order valence-electron chi connectivity index (χ1n) is 13.6. The van der Waals surface area contributed by atoms with Crippen LogP contribution in [0.25, 0.3) is 0 Å². The van der Waals surface area contributed by atoms with Crippen LogP contribution in [-0.4, -0.2) is 59.4 Å². The van der Waals surface area contributed by atoms with E-state index < -0.39 is 47.9 Å². The number of anilines is 1. The van der Waals surface area contributed by atoms with Crippen molar-refractivity contribution in [3.05, 3.63) is 78.9 Å². The van der Waals surface area contributed by atoms with E-state index >= 15 is 0 Å². The molecule has 0 saturated carbocycles. The minimum absolute atomic E-state index is 0.228. The zero-order valence-corrected chi connectivity index (χ0v) is 22.8. The summed E-state index contributed by atoms with van der Waals surface area (Å²) in [5.41, 5.74) is 1.09. The molecule has 3 rings (SSSR count). The molecule has 0 aliphatic carbocycles. The summed E-state index contributed by atoms with van der Waals surface area (Å²) in [6.07, 6.45) is -1.86. The molecule has 11 heteroatoms. The maximum Gasteiger partial charge on any atom is 0.471 e. The Morgan fingerprint density at radius 3 is 2.24 bits per heavy atom. The third-order valence-corrected chi connectivity index (χ3v) is 6.96. The van der Waals surface area contributed by atoms with Crippen molar-refractivity contribution in [3.63, 3.8) is 0 Å². The summed E-state index contributed by atoms with van der Waals surface area (Å²) in [4.78, 5) is 53.7. The Labute approximate surface area is 237 Å². The van der Waals surface area contributed by atoms with Crippen molar-refractivity contribution in [1.82, 2.24) is 15.5 Å². The second kappa shape index (κ2) is 14.5. The normalized spacial score (nSPS) is 17.2. The predicted molar refractivity (Wildman–Crippen MR) is 148 cm³/mol. The van der Waals surface area contributed by atoms with Crippen molar-refractivity contribution in [3.8, 4) is 0 Å². The van der Waals surface area contributed by atoms with Crippen molar-refractivity contribution in [2.45, 2.75) is 63.3 Å². The van der Waals surface area contributed by atoms with Crippen LogP contribution in [0.3, 0.4) is 0 Å². The fraction of sp³-hybridized carbons (Fsp3) is 0.400. The highest BCUT2D eigenvalue weighted by molar-refractivity contribution is 5.99. The zero-order chi connectivity index (χ0) is 30.0. The van der Waals surface area contributed by atoms with Crippen LogP contribution in [0.15, 0.2) is 73.3 Å². The summed E-state index contributed by atoms with van der Waals surface area (Å²) in [5, 5.41) is 7.18. The van der Waals surface area contributed by atoms with Gasteiger partial charge in [-0.25, -0.2) is 0 Å². The Balaban J connectivity index is 1.86. The molecular weight excluding hydrogens is 537 g/mol. The van der Waals surface area contributed by atoms with E-state index in [0.717, 1.165) is 0 Å². The van der Waals surface area contributed by atoms with Crippen molar-refractivity contribution in [2.24, 2.45) is 5.92 Å². The molecule has 2 aromatic carbocycles. The molecule has 0 bridgehead atoms. The predicted octanol–water partition coefficient (Wildman–Crippen LogP) is 3.99. The highest BCUT2D eigenvalue weighted by Gasteiger charge is 2.43. The van der Waals surface area contributed by atoms with Crippen LogP contribution in [-0.2, 0) is 25.6 Å². The molecule has 3 N–H and O–H groups in total. The van der Waals surface area contributed by atoms with Gasteiger partial charge in [0.2, 0.25) is 17.7 Å². The third-order valence-electron chi connectivity index (χ3n) is 6.96. The molecule has 1 unspecified atom stereocenters. The molecule has 1 aliphatic heterocycles. The van der Waals surface area contributed by atoms with E-state index in [2.05, 4.69) is 17.2 Å². The van der Waals surface area contributed by atoms with Crippen LogP contribution < -0.4 is 16.0 Å². The smallest absolute Gasteiger partial charge is 0.342 e. The van der Waals surface area contributed by atoms with Gasteiger partial charge in [-0.1, -0.05) is 68.0 Å². The van der Waals surface area contributed by atoms with E-state index in [4.69, 9.17) is 0 Å². The molecule has 41 heavy (non-hydrogen) atoms. The Hall–Kier alpha value is -4.15. The summed E-state index contributed by atoms with van der Waals surface area (Å²) in [7, 11) is 0. The van der Waals surface area contributed by atoms with Gasteiger partial charge in [0.1, 0.15) is 18.1 Å². The number of rotatable bonds is 12. The van der Waals surface area contributed by atoms with Gasteiger partial charge in [-0.3, -0.25) is 19.2 Å². The Kier molecular flexibility index (Phi) is 11.1. The molecule has 1 fully saturated rings. The number of likely N-dealkylation sites (tertiary alicyclic amines) is 1. The first-order valence-corrected chi connectivity index (χ1v) is 13.6. The van der Waals surface area contributed by atoms with Crippen molar-refractivity contribution < 1.29 is 32.3 Å². The van der Waals surface area contributed by atoms with Crippen LogP contribution >= 0.6 is 0 Å². The summed E-state index contributed by atoms with van der Waals surface area (Å²) in [6, 6.07) is 13.4. The monoisotopic (exact) mass is 572 g/mol. The molecule has 4 atom stereocenters. The second-order valence-electron chi connectivity index (χ2n) is 9.93. The van der Waals surface area contributed by atoms with Gasteiger partial charge in [0.15, 0.2) is 0 Å². The summed E-state index contributed by atoms with van der Waals surface area (Å²) >= 11 is 0. The van der Waals surface area contributed by atoms with Gasteiger partial charge in [0.25, 0.3) is 0 Å².